The van der Waals surface area contributed by atoms with Crippen LogP contribution in [0.25, 0.3) is 0 Å². The van der Waals surface area contributed by atoms with Crippen LogP contribution < -0.4 is 11.6 Å². The van der Waals surface area contributed by atoms with E-state index in [0.29, 0.717) is 6.42 Å². The van der Waals surface area contributed by atoms with Crippen LogP contribution in [-0.4, -0.2) is 54.7 Å². The molecule has 0 aliphatic carbocycles. The van der Waals surface area contributed by atoms with Crippen LogP contribution in [-0.2, 0) is 14.6 Å². The third-order valence-electron chi connectivity index (χ3n) is 2.62. The number of sulfone groups is 1. The minimum Gasteiger partial charge on any atom is -0.377 e. The van der Waals surface area contributed by atoms with Crippen molar-refractivity contribution in [3.8, 4) is 0 Å². The molecule has 98 valence electrons. The zero-order valence-electron chi connectivity index (χ0n) is 9.50. The highest BCUT2D eigenvalue weighted by atomic mass is 32.2. The predicted molar refractivity (Wildman–Crippen MR) is 68.1 cm³/mol. The number of hydrogen-bond acceptors (Lipinski definition) is 6. The summed E-state index contributed by atoms with van der Waals surface area (Å²) in [5, 5.41) is 3.36. The summed E-state index contributed by atoms with van der Waals surface area (Å²) in [7, 11) is -1.38. The van der Waals surface area contributed by atoms with Crippen molar-refractivity contribution in [2.24, 2.45) is 16.7 Å². The van der Waals surface area contributed by atoms with Gasteiger partial charge in [-0.15, -0.1) is 0 Å². The third-order valence-corrected chi connectivity index (χ3v) is 5.16. The number of carbonyl (C=O) groups is 1. The Bertz CT molecular complexity index is 420. The summed E-state index contributed by atoms with van der Waals surface area (Å²) in [5.41, 5.74) is 5.34. The van der Waals surface area contributed by atoms with Gasteiger partial charge in [0.1, 0.15) is 0 Å². The summed E-state index contributed by atoms with van der Waals surface area (Å²) >= 11 is 1.03. The van der Waals surface area contributed by atoms with Crippen molar-refractivity contribution >= 4 is 32.7 Å². The number of amidine groups is 1. The fraction of sp³-hybridized carbons (Fsp3) is 0.750. The Morgan fingerprint density at radius 3 is 2.71 bits per heavy atom. The third kappa shape index (κ3) is 4.08. The van der Waals surface area contributed by atoms with Gasteiger partial charge in [0.05, 0.1) is 17.3 Å². The van der Waals surface area contributed by atoms with Gasteiger partial charge in [-0.1, -0.05) is 11.8 Å². The average Bonchev–Trinajstić information content (AvgIpc) is 2.64. The SMILES string of the molecule is CN(C(=O)CSC(N)=NN)C1CCS(=O)(=O)C1. The van der Waals surface area contributed by atoms with E-state index in [1.165, 1.54) is 4.90 Å². The van der Waals surface area contributed by atoms with Gasteiger partial charge in [-0.3, -0.25) is 4.79 Å². The lowest BCUT2D eigenvalue weighted by Crippen LogP contribution is -2.39. The van der Waals surface area contributed by atoms with E-state index in [-0.39, 0.29) is 34.4 Å². The first-order valence-electron chi connectivity index (χ1n) is 4.98. The molecule has 17 heavy (non-hydrogen) atoms. The Labute approximate surface area is 105 Å². The van der Waals surface area contributed by atoms with Crippen LogP contribution in [0, 0.1) is 0 Å². The van der Waals surface area contributed by atoms with Crippen molar-refractivity contribution in [2.75, 3.05) is 24.3 Å². The molecule has 4 N–H and O–H groups in total. The summed E-state index contributed by atoms with van der Waals surface area (Å²) in [4.78, 5) is 13.2. The van der Waals surface area contributed by atoms with Gasteiger partial charge in [-0.2, -0.15) is 5.10 Å². The molecule has 1 fully saturated rings. The molecule has 1 atom stereocenters. The fourth-order valence-corrected chi connectivity index (χ4v) is 3.88. The van der Waals surface area contributed by atoms with Crippen molar-refractivity contribution in [1.29, 1.82) is 0 Å². The average molecular weight is 280 g/mol. The molecule has 1 heterocycles. The highest BCUT2D eigenvalue weighted by molar-refractivity contribution is 8.14. The predicted octanol–water partition coefficient (Wildman–Crippen LogP) is -1.45. The molecule has 1 rings (SSSR count). The van der Waals surface area contributed by atoms with Crippen LogP contribution >= 0.6 is 11.8 Å². The second-order valence-corrected chi connectivity index (χ2v) is 7.04. The van der Waals surface area contributed by atoms with E-state index in [1.807, 2.05) is 0 Å². The van der Waals surface area contributed by atoms with Crippen LogP contribution in [0.2, 0.25) is 0 Å². The number of amides is 1. The van der Waals surface area contributed by atoms with Crippen molar-refractivity contribution < 1.29 is 13.2 Å². The summed E-state index contributed by atoms with van der Waals surface area (Å²) in [6.07, 6.45) is 0.496. The topological polar surface area (TPSA) is 119 Å². The van der Waals surface area contributed by atoms with E-state index in [4.69, 9.17) is 11.6 Å². The molecule has 0 aromatic heterocycles. The molecule has 0 radical (unpaired) electrons. The van der Waals surface area contributed by atoms with E-state index in [1.54, 1.807) is 7.05 Å². The summed E-state index contributed by atoms with van der Waals surface area (Å²) < 4.78 is 22.6. The number of nitrogens with zero attached hydrogens (tertiary/aromatic N) is 2. The Balaban J connectivity index is 2.48. The molecule has 1 saturated heterocycles. The van der Waals surface area contributed by atoms with Gasteiger partial charge in [-0.05, 0) is 6.42 Å². The minimum absolute atomic E-state index is 0.0420. The first-order valence-corrected chi connectivity index (χ1v) is 7.78. The van der Waals surface area contributed by atoms with Gasteiger partial charge in [-0.25, -0.2) is 8.42 Å². The zero-order chi connectivity index (χ0) is 13.1. The standard InChI is InChI=1S/C8H16N4O3S2/c1-12(6-2-3-17(14,15)5-6)7(13)4-16-8(9)11-10/h6H,2-5,10H2,1H3,(H2,9,11). The maximum atomic E-state index is 11.7. The largest absolute Gasteiger partial charge is 0.377 e. The zero-order valence-corrected chi connectivity index (χ0v) is 11.1. The van der Waals surface area contributed by atoms with Crippen LogP contribution in [0.5, 0.6) is 0 Å². The Morgan fingerprint density at radius 1 is 1.59 bits per heavy atom. The van der Waals surface area contributed by atoms with Gasteiger partial charge < -0.3 is 16.5 Å². The number of hydrogen-bond donors (Lipinski definition) is 2. The van der Waals surface area contributed by atoms with Gasteiger partial charge in [0, 0.05) is 13.1 Å². The highest BCUT2D eigenvalue weighted by Crippen LogP contribution is 2.17. The maximum absolute atomic E-state index is 11.7. The smallest absolute Gasteiger partial charge is 0.233 e. The molecule has 0 aromatic carbocycles. The van der Waals surface area contributed by atoms with Gasteiger partial charge in [0.25, 0.3) is 0 Å². The lowest BCUT2D eigenvalue weighted by atomic mass is 10.2. The number of carbonyl (C=O) groups excluding carboxylic acids is 1. The molecular formula is C8H16N4O3S2. The molecule has 9 heteroatoms. The summed E-state index contributed by atoms with van der Waals surface area (Å²) in [6, 6.07) is -0.232. The van der Waals surface area contributed by atoms with Crippen LogP contribution in [0.1, 0.15) is 6.42 Å². The molecule has 1 aliphatic rings. The van der Waals surface area contributed by atoms with Crippen LogP contribution in [0.15, 0.2) is 5.10 Å². The molecule has 0 bridgehead atoms. The molecule has 7 nitrogen and oxygen atoms in total. The molecule has 1 amide bonds. The Morgan fingerprint density at radius 2 is 2.24 bits per heavy atom. The summed E-state index contributed by atoms with van der Waals surface area (Å²) in [6.45, 7) is 0. The van der Waals surface area contributed by atoms with Crippen molar-refractivity contribution in [3.05, 3.63) is 0 Å². The van der Waals surface area contributed by atoms with Gasteiger partial charge in [0.15, 0.2) is 15.0 Å². The van der Waals surface area contributed by atoms with Crippen LogP contribution in [0.3, 0.4) is 0 Å². The van der Waals surface area contributed by atoms with E-state index in [9.17, 15) is 13.2 Å². The van der Waals surface area contributed by atoms with Crippen molar-refractivity contribution in [1.82, 2.24) is 4.90 Å². The van der Waals surface area contributed by atoms with E-state index in [0.717, 1.165) is 11.8 Å². The lowest BCUT2D eigenvalue weighted by Gasteiger charge is -2.23. The molecule has 0 aromatic rings. The normalized spacial score (nSPS) is 23.6. The quantitative estimate of drug-likeness (QED) is 0.283. The number of rotatable bonds is 3. The second kappa shape index (κ2) is 5.58. The fourth-order valence-electron chi connectivity index (χ4n) is 1.56. The Hall–Kier alpha value is -0.960. The van der Waals surface area contributed by atoms with Crippen molar-refractivity contribution in [2.45, 2.75) is 12.5 Å². The highest BCUT2D eigenvalue weighted by Gasteiger charge is 2.32. The molecule has 1 unspecified atom stereocenters. The van der Waals surface area contributed by atoms with E-state index in [2.05, 4.69) is 5.10 Å². The Kier molecular flexibility index (Phi) is 4.63. The molecule has 1 aliphatic heterocycles. The molecule has 0 saturated carbocycles. The summed E-state index contributed by atoms with van der Waals surface area (Å²) in [5.74, 6) is 5.05. The maximum Gasteiger partial charge on any atom is 0.233 e. The first kappa shape index (κ1) is 14.1. The number of hydrazone groups is 1. The minimum atomic E-state index is -2.98. The number of nitrogens with two attached hydrogens (primary N) is 2. The van der Waals surface area contributed by atoms with E-state index >= 15 is 0 Å². The second-order valence-electron chi connectivity index (χ2n) is 3.82. The lowest BCUT2D eigenvalue weighted by molar-refractivity contribution is -0.128. The van der Waals surface area contributed by atoms with Crippen LogP contribution in [0.4, 0.5) is 0 Å². The number of thioether (sulfide) groups is 1. The molecular weight excluding hydrogens is 264 g/mol. The van der Waals surface area contributed by atoms with Gasteiger partial charge >= 0.3 is 0 Å². The van der Waals surface area contributed by atoms with E-state index < -0.39 is 9.84 Å². The first-order chi connectivity index (χ1) is 7.85. The van der Waals surface area contributed by atoms with Gasteiger partial charge in [0.2, 0.25) is 5.91 Å². The van der Waals surface area contributed by atoms with Crippen molar-refractivity contribution in [3.63, 3.8) is 0 Å². The molecule has 0 spiro atoms. The monoisotopic (exact) mass is 280 g/mol.